The minimum absolute atomic E-state index is 0.387. The quantitative estimate of drug-likeness (QED) is 0.604. The molecule has 1 atom stereocenters. The van der Waals surface area contributed by atoms with E-state index in [0.717, 1.165) is 44.9 Å². The van der Waals surface area contributed by atoms with Crippen LogP contribution in [0.3, 0.4) is 0 Å². The molecule has 2 heteroatoms. The molecule has 1 aliphatic rings. The van der Waals surface area contributed by atoms with Gasteiger partial charge in [-0.1, -0.05) is 19.8 Å². The number of unbranched alkanes of at least 4 members (excludes halogenated alkanes) is 2. The van der Waals surface area contributed by atoms with Crippen molar-refractivity contribution in [3.8, 4) is 0 Å². The number of rotatable bonds is 7. The molecule has 1 rings (SSSR count). The summed E-state index contributed by atoms with van der Waals surface area (Å²) in [5.41, 5.74) is 0. The Morgan fingerprint density at radius 1 is 1.33 bits per heavy atom. The molecule has 0 spiro atoms. The summed E-state index contributed by atoms with van der Waals surface area (Å²) >= 11 is 0. The van der Waals surface area contributed by atoms with E-state index in [-0.39, 0.29) is 0 Å². The van der Waals surface area contributed by atoms with Crippen molar-refractivity contribution >= 4 is 11.6 Å². The Morgan fingerprint density at radius 3 is 2.73 bits per heavy atom. The van der Waals surface area contributed by atoms with Crippen molar-refractivity contribution in [3.63, 3.8) is 0 Å². The third kappa shape index (κ3) is 5.10. The second-order valence-electron chi connectivity index (χ2n) is 4.68. The largest absolute Gasteiger partial charge is 0.300 e. The van der Waals surface area contributed by atoms with Crippen LogP contribution in [0.1, 0.15) is 64.7 Å². The van der Waals surface area contributed by atoms with Crippen molar-refractivity contribution in [2.75, 3.05) is 0 Å². The number of hydrogen-bond acceptors (Lipinski definition) is 2. The van der Waals surface area contributed by atoms with Gasteiger partial charge in [0.15, 0.2) is 0 Å². The fourth-order valence-electron chi connectivity index (χ4n) is 2.20. The second kappa shape index (κ2) is 6.76. The molecule has 0 saturated heterocycles. The summed E-state index contributed by atoms with van der Waals surface area (Å²) in [5.74, 6) is 1.29. The highest BCUT2D eigenvalue weighted by Gasteiger charge is 2.22. The number of carbonyl (C=O) groups is 2. The van der Waals surface area contributed by atoms with Gasteiger partial charge in [-0.3, -0.25) is 9.59 Å². The topological polar surface area (TPSA) is 34.1 Å². The lowest BCUT2D eigenvalue weighted by molar-refractivity contribution is -0.120. The van der Waals surface area contributed by atoms with Crippen LogP contribution in [0.5, 0.6) is 0 Å². The number of Topliss-reactive ketones (excluding diaryl/α,β-unsaturated/α-hetero) is 2. The van der Waals surface area contributed by atoms with E-state index < -0.39 is 0 Å². The number of ketones is 2. The highest BCUT2D eigenvalue weighted by Crippen LogP contribution is 2.26. The third-order valence-corrected chi connectivity index (χ3v) is 3.24. The van der Waals surface area contributed by atoms with E-state index in [4.69, 9.17) is 0 Å². The summed E-state index contributed by atoms with van der Waals surface area (Å²) in [4.78, 5) is 22.5. The fraction of sp³-hybridized carbons (Fsp3) is 0.846. The van der Waals surface area contributed by atoms with Crippen LogP contribution < -0.4 is 0 Å². The highest BCUT2D eigenvalue weighted by molar-refractivity contribution is 5.81. The van der Waals surface area contributed by atoms with Crippen LogP contribution in [0, 0.1) is 5.92 Å². The Bertz CT molecular complexity index is 221. The summed E-state index contributed by atoms with van der Waals surface area (Å²) in [6.07, 6.45) is 8.24. The molecule has 0 aromatic rings. The maximum atomic E-state index is 11.5. The molecule has 0 aromatic carbocycles. The van der Waals surface area contributed by atoms with Crippen LogP contribution in [0.15, 0.2) is 0 Å². The van der Waals surface area contributed by atoms with Gasteiger partial charge in [0.25, 0.3) is 0 Å². The van der Waals surface area contributed by atoms with Gasteiger partial charge >= 0.3 is 0 Å². The number of hydrogen-bond donors (Lipinski definition) is 0. The van der Waals surface area contributed by atoms with Crippen molar-refractivity contribution in [2.45, 2.75) is 64.7 Å². The zero-order valence-corrected chi connectivity index (χ0v) is 9.76. The van der Waals surface area contributed by atoms with E-state index in [9.17, 15) is 9.59 Å². The minimum atomic E-state index is 0.387. The molecule has 15 heavy (non-hydrogen) atoms. The Labute approximate surface area is 92.4 Å². The maximum Gasteiger partial charge on any atom is 0.133 e. The first-order valence-electron chi connectivity index (χ1n) is 6.25. The summed E-state index contributed by atoms with van der Waals surface area (Å²) in [7, 11) is 0. The van der Waals surface area contributed by atoms with Gasteiger partial charge in [0.05, 0.1) is 0 Å². The SMILES string of the molecule is CCCCCC(=O)CC[C@H]1CCC(=O)C1. The standard InChI is InChI=1S/C13H22O2/c1-2-3-4-5-12(14)8-6-11-7-9-13(15)10-11/h11H,2-10H2,1H3/t11-/m0/s1. The molecule has 86 valence electrons. The Balaban J connectivity index is 2.03. The van der Waals surface area contributed by atoms with Crippen LogP contribution in [0.2, 0.25) is 0 Å². The Hall–Kier alpha value is -0.660. The van der Waals surface area contributed by atoms with Crippen LogP contribution in [0.4, 0.5) is 0 Å². The predicted octanol–water partition coefficient (Wildman–Crippen LogP) is 3.29. The molecule has 1 aliphatic carbocycles. The first-order valence-corrected chi connectivity index (χ1v) is 6.25. The molecule has 0 N–H and O–H groups in total. The molecule has 0 heterocycles. The second-order valence-corrected chi connectivity index (χ2v) is 4.68. The van der Waals surface area contributed by atoms with E-state index >= 15 is 0 Å². The third-order valence-electron chi connectivity index (χ3n) is 3.24. The average molecular weight is 210 g/mol. The summed E-state index contributed by atoms with van der Waals surface area (Å²) in [5, 5.41) is 0. The van der Waals surface area contributed by atoms with Gasteiger partial charge < -0.3 is 0 Å². The molecule has 0 unspecified atom stereocenters. The molecule has 2 nitrogen and oxygen atoms in total. The van der Waals surface area contributed by atoms with Crippen molar-refractivity contribution in [1.82, 2.24) is 0 Å². The summed E-state index contributed by atoms with van der Waals surface area (Å²) < 4.78 is 0. The zero-order valence-electron chi connectivity index (χ0n) is 9.76. The summed E-state index contributed by atoms with van der Waals surface area (Å²) in [6, 6.07) is 0. The van der Waals surface area contributed by atoms with E-state index in [1.54, 1.807) is 0 Å². The van der Waals surface area contributed by atoms with Gasteiger partial charge in [-0.2, -0.15) is 0 Å². The molecule has 1 fully saturated rings. The Morgan fingerprint density at radius 2 is 2.13 bits per heavy atom. The Kier molecular flexibility index (Phi) is 5.59. The first kappa shape index (κ1) is 12.4. The van der Waals surface area contributed by atoms with Crippen LogP contribution >= 0.6 is 0 Å². The lowest BCUT2D eigenvalue weighted by atomic mass is 9.98. The lowest BCUT2D eigenvalue weighted by Crippen LogP contribution is -2.02. The van der Waals surface area contributed by atoms with Crippen molar-refractivity contribution in [2.24, 2.45) is 5.92 Å². The van der Waals surface area contributed by atoms with Crippen LogP contribution in [0.25, 0.3) is 0 Å². The lowest BCUT2D eigenvalue weighted by Gasteiger charge is -2.06. The van der Waals surface area contributed by atoms with Crippen molar-refractivity contribution < 1.29 is 9.59 Å². The van der Waals surface area contributed by atoms with Gasteiger partial charge in [-0.25, -0.2) is 0 Å². The van der Waals surface area contributed by atoms with Gasteiger partial charge in [0.1, 0.15) is 11.6 Å². The van der Waals surface area contributed by atoms with Gasteiger partial charge in [0, 0.05) is 25.7 Å². The van der Waals surface area contributed by atoms with Crippen LogP contribution in [-0.2, 0) is 9.59 Å². The molecule has 0 aromatic heterocycles. The smallest absolute Gasteiger partial charge is 0.133 e. The van der Waals surface area contributed by atoms with Crippen molar-refractivity contribution in [1.29, 1.82) is 0 Å². The normalized spacial score (nSPS) is 20.9. The van der Waals surface area contributed by atoms with Crippen molar-refractivity contribution in [3.05, 3.63) is 0 Å². The molecule has 0 bridgehead atoms. The molecule has 0 amide bonds. The minimum Gasteiger partial charge on any atom is -0.300 e. The molecular formula is C13H22O2. The van der Waals surface area contributed by atoms with Gasteiger partial charge in [-0.15, -0.1) is 0 Å². The van der Waals surface area contributed by atoms with E-state index in [0.29, 0.717) is 23.9 Å². The van der Waals surface area contributed by atoms with Gasteiger partial charge in [-0.05, 0) is 25.2 Å². The first-order chi connectivity index (χ1) is 7.22. The fourth-order valence-corrected chi connectivity index (χ4v) is 2.20. The predicted molar refractivity (Wildman–Crippen MR) is 60.7 cm³/mol. The van der Waals surface area contributed by atoms with E-state index in [1.807, 2.05) is 0 Å². The molecule has 0 aliphatic heterocycles. The number of carbonyl (C=O) groups excluding carboxylic acids is 2. The molecule has 0 radical (unpaired) electrons. The zero-order chi connectivity index (χ0) is 11.1. The average Bonchev–Trinajstić information content (AvgIpc) is 2.62. The molecule has 1 saturated carbocycles. The highest BCUT2D eigenvalue weighted by atomic mass is 16.1. The summed E-state index contributed by atoms with van der Waals surface area (Å²) in [6.45, 7) is 2.15. The molecular weight excluding hydrogens is 188 g/mol. The van der Waals surface area contributed by atoms with Crippen LogP contribution in [-0.4, -0.2) is 11.6 Å². The maximum absolute atomic E-state index is 11.5. The monoisotopic (exact) mass is 210 g/mol. The van der Waals surface area contributed by atoms with Gasteiger partial charge in [0.2, 0.25) is 0 Å². The van der Waals surface area contributed by atoms with E-state index in [1.165, 1.54) is 6.42 Å². The van der Waals surface area contributed by atoms with E-state index in [2.05, 4.69) is 6.92 Å².